The van der Waals surface area contributed by atoms with Gasteiger partial charge in [0.25, 0.3) is 10.0 Å². The van der Waals surface area contributed by atoms with E-state index in [9.17, 15) is 13.2 Å². The number of amides is 1. The number of sulfonamides is 1. The fraction of sp³-hybridized carbons (Fsp3) is 0.133. The first-order valence-electron chi connectivity index (χ1n) is 7.15. The molecule has 0 aliphatic heterocycles. The lowest BCUT2D eigenvalue weighted by Crippen LogP contribution is -2.34. The molecule has 0 fully saturated rings. The van der Waals surface area contributed by atoms with Crippen molar-refractivity contribution in [2.45, 2.75) is 4.21 Å². The number of aromatic nitrogens is 2. The average Bonchev–Trinajstić information content (AvgIpc) is 3.27. The minimum atomic E-state index is -3.66. The minimum absolute atomic E-state index is 0.199. The Bertz CT molecular complexity index is 953. The van der Waals surface area contributed by atoms with Crippen molar-refractivity contribution in [1.29, 1.82) is 0 Å². The summed E-state index contributed by atoms with van der Waals surface area (Å²) in [4.78, 5) is 12.1. The predicted octanol–water partition coefficient (Wildman–Crippen LogP) is 2.53. The molecule has 25 heavy (non-hydrogen) atoms. The van der Waals surface area contributed by atoms with Crippen molar-refractivity contribution >= 4 is 43.7 Å². The molecule has 0 unspecified atom stereocenters. The van der Waals surface area contributed by atoms with Gasteiger partial charge in [-0.3, -0.25) is 10.1 Å². The third-order valence-corrected chi connectivity index (χ3v) is 7.28. The third-order valence-electron chi connectivity index (χ3n) is 3.22. The molecule has 0 radical (unpaired) electrons. The topological polar surface area (TPSA) is 92.3 Å². The fourth-order valence-corrected chi connectivity index (χ4v) is 5.07. The largest absolute Gasteiger partial charge is 0.299 e. The normalized spacial score (nSPS) is 11.6. The first kappa shape index (κ1) is 17.7. The molecule has 130 valence electrons. The van der Waals surface area contributed by atoms with Crippen LogP contribution in [0, 0.1) is 0 Å². The zero-order valence-electron chi connectivity index (χ0n) is 13.1. The van der Waals surface area contributed by atoms with Crippen LogP contribution in [0.15, 0.2) is 52.1 Å². The Kier molecular flexibility index (Phi) is 5.23. The van der Waals surface area contributed by atoms with Crippen molar-refractivity contribution in [2.75, 3.05) is 18.9 Å². The summed E-state index contributed by atoms with van der Waals surface area (Å²) in [6.45, 7) is -0.305. The van der Waals surface area contributed by atoms with Gasteiger partial charge in [0.2, 0.25) is 11.0 Å². The number of rotatable bonds is 6. The van der Waals surface area contributed by atoms with E-state index in [-0.39, 0.29) is 10.8 Å². The maximum absolute atomic E-state index is 12.3. The van der Waals surface area contributed by atoms with Crippen LogP contribution in [0.2, 0.25) is 0 Å². The Morgan fingerprint density at radius 1 is 1.16 bits per heavy atom. The molecule has 1 aromatic carbocycles. The molecular formula is C15H14N4O3S3. The highest BCUT2D eigenvalue weighted by molar-refractivity contribution is 7.91. The van der Waals surface area contributed by atoms with Crippen LogP contribution in [0.25, 0.3) is 10.6 Å². The van der Waals surface area contributed by atoms with E-state index < -0.39 is 15.9 Å². The summed E-state index contributed by atoms with van der Waals surface area (Å²) in [5.74, 6) is -0.474. The molecule has 0 spiro atoms. The number of nitrogens with zero attached hydrogens (tertiary/aromatic N) is 3. The van der Waals surface area contributed by atoms with Crippen LogP contribution < -0.4 is 5.32 Å². The summed E-state index contributed by atoms with van der Waals surface area (Å²) in [6.07, 6.45) is 0. The van der Waals surface area contributed by atoms with Gasteiger partial charge >= 0.3 is 0 Å². The summed E-state index contributed by atoms with van der Waals surface area (Å²) >= 11 is 2.34. The second-order valence-corrected chi connectivity index (χ2v) is 9.22. The number of carbonyl (C=O) groups excluding carboxylic acids is 1. The van der Waals surface area contributed by atoms with Gasteiger partial charge in [-0.25, -0.2) is 8.42 Å². The Morgan fingerprint density at radius 2 is 1.92 bits per heavy atom. The maximum atomic E-state index is 12.3. The number of hydrogen-bond acceptors (Lipinski definition) is 7. The third kappa shape index (κ3) is 4.10. The van der Waals surface area contributed by atoms with Gasteiger partial charge in [0, 0.05) is 12.6 Å². The molecule has 3 aromatic rings. The van der Waals surface area contributed by atoms with E-state index in [0.29, 0.717) is 10.1 Å². The summed E-state index contributed by atoms with van der Waals surface area (Å²) in [5, 5.41) is 13.2. The van der Waals surface area contributed by atoms with Gasteiger partial charge < -0.3 is 0 Å². The molecule has 1 N–H and O–H groups in total. The number of benzene rings is 1. The Hall–Kier alpha value is -2.14. The molecule has 0 aliphatic rings. The highest BCUT2D eigenvalue weighted by Crippen LogP contribution is 2.26. The van der Waals surface area contributed by atoms with Crippen molar-refractivity contribution in [3.05, 3.63) is 47.8 Å². The van der Waals surface area contributed by atoms with Crippen molar-refractivity contribution < 1.29 is 13.2 Å². The van der Waals surface area contributed by atoms with Crippen LogP contribution >= 0.6 is 22.7 Å². The molecule has 0 saturated heterocycles. The van der Waals surface area contributed by atoms with Gasteiger partial charge in [0.1, 0.15) is 9.22 Å². The Labute approximate surface area is 153 Å². The first-order valence-corrected chi connectivity index (χ1v) is 10.3. The van der Waals surface area contributed by atoms with Crippen LogP contribution in [-0.2, 0) is 14.8 Å². The van der Waals surface area contributed by atoms with E-state index >= 15 is 0 Å². The van der Waals surface area contributed by atoms with E-state index in [1.807, 2.05) is 30.3 Å². The summed E-state index contributed by atoms with van der Waals surface area (Å²) < 4.78 is 25.8. The molecule has 2 heterocycles. The van der Waals surface area contributed by atoms with Crippen molar-refractivity contribution in [1.82, 2.24) is 14.5 Å². The zero-order chi connectivity index (χ0) is 17.9. The van der Waals surface area contributed by atoms with Crippen LogP contribution in [-0.4, -0.2) is 42.4 Å². The standard InChI is InChI=1S/C15H14N4O3S3/c1-19(25(21,22)13-8-5-9-23-13)10-12(20)16-15-18-17-14(24-15)11-6-3-2-4-7-11/h2-9H,10H2,1H3,(H,16,18,20). The number of hydrogen-bond donors (Lipinski definition) is 1. The molecule has 10 heteroatoms. The second-order valence-electron chi connectivity index (χ2n) is 5.02. The van der Waals surface area contributed by atoms with Gasteiger partial charge in [-0.05, 0) is 11.4 Å². The SMILES string of the molecule is CN(CC(=O)Nc1nnc(-c2ccccc2)s1)S(=O)(=O)c1cccs1. The summed E-state index contributed by atoms with van der Waals surface area (Å²) in [5.41, 5.74) is 0.901. The van der Waals surface area contributed by atoms with Gasteiger partial charge in [-0.1, -0.05) is 47.7 Å². The Balaban J connectivity index is 1.64. The van der Waals surface area contributed by atoms with Crippen LogP contribution in [0.5, 0.6) is 0 Å². The van der Waals surface area contributed by atoms with E-state index in [2.05, 4.69) is 15.5 Å². The Morgan fingerprint density at radius 3 is 2.60 bits per heavy atom. The minimum Gasteiger partial charge on any atom is -0.299 e. The van der Waals surface area contributed by atoms with Crippen molar-refractivity contribution in [2.24, 2.45) is 0 Å². The lowest BCUT2D eigenvalue weighted by molar-refractivity contribution is -0.116. The van der Waals surface area contributed by atoms with E-state index in [1.165, 1.54) is 24.5 Å². The number of anilines is 1. The molecule has 0 atom stereocenters. The molecule has 2 aromatic heterocycles. The van der Waals surface area contributed by atoms with Crippen molar-refractivity contribution in [3.63, 3.8) is 0 Å². The van der Waals surface area contributed by atoms with E-state index in [0.717, 1.165) is 21.2 Å². The quantitative estimate of drug-likeness (QED) is 0.694. The molecular weight excluding hydrogens is 380 g/mol. The van der Waals surface area contributed by atoms with E-state index in [1.54, 1.807) is 11.4 Å². The zero-order valence-corrected chi connectivity index (χ0v) is 15.6. The lowest BCUT2D eigenvalue weighted by atomic mass is 10.2. The average molecular weight is 395 g/mol. The fourth-order valence-electron chi connectivity index (χ4n) is 1.98. The summed E-state index contributed by atoms with van der Waals surface area (Å²) in [6, 6.07) is 12.6. The molecule has 0 saturated carbocycles. The first-order chi connectivity index (χ1) is 12.0. The molecule has 0 aliphatic carbocycles. The van der Waals surface area contributed by atoms with Gasteiger partial charge in [-0.2, -0.15) is 4.31 Å². The summed E-state index contributed by atoms with van der Waals surface area (Å²) in [7, 11) is -2.30. The molecule has 0 bridgehead atoms. The second kappa shape index (κ2) is 7.40. The number of carbonyl (C=O) groups is 1. The number of thiophene rings is 1. The molecule has 3 rings (SSSR count). The number of nitrogens with one attached hydrogen (secondary N) is 1. The van der Waals surface area contributed by atoms with Gasteiger partial charge in [0.05, 0.1) is 6.54 Å². The monoisotopic (exact) mass is 394 g/mol. The predicted molar refractivity (Wildman–Crippen MR) is 98.1 cm³/mol. The van der Waals surface area contributed by atoms with Crippen molar-refractivity contribution in [3.8, 4) is 10.6 Å². The van der Waals surface area contributed by atoms with Crippen LogP contribution in [0.1, 0.15) is 0 Å². The van der Waals surface area contributed by atoms with Crippen LogP contribution in [0.4, 0.5) is 5.13 Å². The van der Waals surface area contributed by atoms with Gasteiger partial charge in [0.15, 0.2) is 0 Å². The van der Waals surface area contributed by atoms with Crippen LogP contribution in [0.3, 0.4) is 0 Å². The highest BCUT2D eigenvalue weighted by Gasteiger charge is 2.24. The van der Waals surface area contributed by atoms with E-state index in [4.69, 9.17) is 0 Å². The van der Waals surface area contributed by atoms with Gasteiger partial charge in [-0.15, -0.1) is 21.5 Å². The smallest absolute Gasteiger partial charge is 0.252 e. The molecule has 1 amide bonds. The number of likely N-dealkylation sites (N-methyl/N-ethyl adjacent to an activating group) is 1. The maximum Gasteiger partial charge on any atom is 0.252 e. The lowest BCUT2D eigenvalue weighted by Gasteiger charge is -2.14. The highest BCUT2D eigenvalue weighted by atomic mass is 32.2. The molecule has 7 nitrogen and oxygen atoms in total.